The highest BCUT2D eigenvalue weighted by Gasteiger charge is 2.29. The van der Waals surface area contributed by atoms with Crippen molar-refractivity contribution in [3.8, 4) is 0 Å². The van der Waals surface area contributed by atoms with E-state index in [4.69, 9.17) is 12.2 Å². The van der Waals surface area contributed by atoms with Crippen LogP contribution in [0.15, 0.2) is 24.3 Å². The van der Waals surface area contributed by atoms with Gasteiger partial charge < -0.3 is 15.1 Å². The number of hydrogen-bond donors (Lipinski definition) is 1. The molecule has 4 nitrogen and oxygen atoms in total. The van der Waals surface area contributed by atoms with Gasteiger partial charge in [-0.25, -0.2) is 0 Å². The SMILES string of the molecule is Cc1ccc(NC(=S)N2CCN(C(=O)CC(C)(C)C)CC2C)cc1. The summed E-state index contributed by atoms with van der Waals surface area (Å²) in [5.74, 6) is 0.242. The van der Waals surface area contributed by atoms with Gasteiger partial charge in [-0.3, -0.25) is 4.79 Å². The summed E-state index contributed by atoms with van der Waals surface area (Å²) >= 11 is 5.57. The Morgan fingerprint density at radius 2 is 1.88 bits per heavy atom. The van der Waals surface area contributed by atoms with E-state index < -0.39 is 0 Å². The van der Waals surface area contributed by atoms with Crippen LogP contribution in [0, 0.1) is 12.3 Å². The molecule has 1 fully saturated rings. The van der Waals surface area contributed by atoms with Crippen LogP contribution in [-0.2, 0) is 4.79 Å². The van der Waals surface area contributed by atoms with Crippen molar-refractivity contribution in [2.24, 2.45) is 5.41 Å². The summed E-state index contributed by atoms with van der Waals surface area (Å²) in [4.78, 5) is 16.6. The maximum atomic E-state index is 12.4. The first-order chi connectivity index (χ1) is 11.2. The van der Waals surface area contributed by atoms with Crippen molar-refractivity contribution < 1.29 is 4.79 Å². The lowest BCUT2D eigenvalue weighted by Crippen LogP contribution is -2.56. The topological polar surface area (TPSA) is 35.6 Å². The molecule has 1 aliphatic rings. The molecule has 24 heavy (non-hydrogen) atoms. The van der Waals surface area contributed by atoms with Gasteiger partial charge in [-0.1, -0.05) is 38.5 Å². The highest BCUT2D eigenvalue weighted by Crippen LogP contribution is 2.21. The summed E-state index contributed by atoms with van der Waals surface area (Å²) in [6.07, 6.45) is 0.589. The van der Waals surface area contributed by atoms with Crippen LogP contribution in [0.5, 0.6) is 0 Å². The Bertz CT molecular complexity index is 592. The number of aryl methyl sites for hydroxylation is 1. The van der Waals surface area contributed by atoms with Crippen LogP contribution in [-0.4, -0.2) is 46.5 Å². The number of thiocarbonyl (C=S) groups is 1. The van der Waals surface area contributed by atoms with Crippen molar-refractivity contribution in [3.05, 3.63) is 29.8 Å². The first-order valence-corrected chi connectivity index (χ1v) is 8.98. The summed E-state index contributed by atoms with van der Waals surface area (Å²) in [7, 11) is 0. The van der Waals surface area contributed by atoms with Crippen LogP contribution in [0.4, 0.5) is 5.69 Å². The van der Waals surface area contributed by atoms with Crippen LogP contribution in [0.1, 0.15) is 39.7 Å². The molecule has 1 saturated heterocycles. The fraction of sp³-hybridized carbons (Fsp3) is 0.579. The van der Waals surface area contributed by atoms with Crippen molar-refractivity contribution in [3.63, 3.8) is 0 Å². The van der Waals surface area contributed by atoms with E-state index in [0.29, 0.717) is 6.42 Å². The van der Waals surface area contributed by atoms with Crippen molar-refractivity contribution in [1.29, 1.82) is 0 Å². The number of nitrogens with one attached hydrogen (secondary N) is 1. The first-order valence-electron chi connectivity index (χ1n) is 8.58. The highest BCUT2D eigenvalue weighted by molar-refractivity contribution is 7.80. The molecule has 1 atom stereocenters. The Kier molecular flexibility index (Phi) is 5.86. The predicted octanol–water partition coefficient (Wildman–Crippen LogP) is 3.66. The van der Waals surface area contributed by atoms with E-state index in [1.165, 1.54) is 5.56 Å². The summed E-state index contributed by atoms with van der Waals surface area (Å²) < 4.78 is 0. The van der Waals surface area contributed by atoms with Crippen molar-refractivity contribution >= 4 is 28.9 Å². The van der Waals surface area contributed by atoms with Gasteiger partial charge in [0.1, 0.15) is 0 Å². The van der Waals surface area contributed by atoms with Crippen molar-refractivity contribution in [2.75, 3.05) is 25.0 Å². The predicted molar refractivity (Wildman–Crippen MR) is 104 cm³/mol. The zero-order valence-corrected chi connectivity index (χ0v) is 16.2. The molecule has 5 heteroatoms. The van der Waals surface area contributed by atoms with Gasteiger partial charge >= 0.3 is 0 Å². The third-order valence-electron chi connectivity index (χ3n) is 4.23. The molecule has 2 rings (SSSR count). The molecule has 1 heterocycles. The minimum Gasteiger partial charge on any atom is -0.343 e. The van der Waals surface area contributed by atoms with Crippen LogP contribution >= 0.6 is 12.2 Å². The number of rotatable bonds is 2. The number of anilines is 1. The van der Waals surface area contributed by atoms with Crippen LogP contribution in [0.2, 0.25) is 0 Å². The molecule has 1 amide bonds. The molecular weight excluding hydrogens is 318 g/mol. The first kappa shape index (κ1) is 18.7. The monoisotopic (exact) mass is 347 g/mol. The van der Waals surface area contributed by atoms with E-state index in [1.54, 1.807) is 0 Å². The quantitative estimate of drug-likeness (QED) is 0.828. The third-order valence-corrected chi connectivity index (χ3v) is 4.56. The minimum atomic E-state index is 0.0275. The maximum absolute atomic E-state index is 12.4. The standard InChI is InChI=1S/C19H29N3OS/c1-14-6-8-16(9-7-14)20-18(24)22-11-10-21(13-15(22)2)17(23)12-19(3,4)5/h6-9,15H,10-13H2,1-5H3,(H,20,24). The number of benzene rings is 1. The minimum absolute atomic E-state index is 0.0275. The zero-order valence-electron chi connectivity index (χ0n) is 15.4. The number of nitrogens with zero attached hydrogens (tertiary/aromatic N) is 2. The zero-order chi connectivity index (χ0) is 17.9. The lowest BCUT2D eigenvalue weighted by molar-refractivity contribution is -0.135. The van der Waals surface area contributed by atoms with E-state index >= 15 is 0 Å². The number of carbonyl (C=O) groups is 1. The fourth-order valence-corrected chi connectivity index (χ4v) is 3.27. The second-order valence-corrected chi connectivity index (χ2v) is 8.30. The van der Waals surface area contributed by atoms with E-state index in [-0.39, 0.29) is 17.4 Å². The van der Waals surface area contributed by atoms with Crippen molar-refractivity contribution in [2.45, 2.75) is 47.1 Å². The molecule has 0 saturated carbocycles. The van der Waals surface area contributed by atoms with E-state index in [9.17, 15) is 4.79 Å². The van der Waals surface area contributed by atoms with Gasteiger partial charge in [0, 0.05) is 37.8 Å². The van der Waals surface area contributed by atoms with E-state index in [1.807, 2.05) is 17.0 Å². The van der Waals surface area contributed by atoms with Crippen molar-refractivity contribution in [1.82, 2.24) is 9.80 Å². The van der Waals surface area contributed by atoms with E-state index in [0.717, 1.165) is 30.4 Å². The number of carbonyl (C=O) groups excluding carboxylic acids is 1. The van der Waals surface area contributed by atoms with Gasteiger partial charge in [-0.15, -0.1) is 0 Å². The van der Waals surface area contributed by atoms with Gasteiger partial charge in [0.15, 0.2) is 5.11 Å². The Labute approximate surface area is 151 Å². The highest BCUT2D eigenvalue weighted by atomic mass is 32.1. The normalized spacial score (nSPS) is 18.5. The molecule has 1 aromatic rings. The summed E-state index contributed by atoms with van der Waals surface area (Å²) in [6, 6.07) is 8.42. The van der Waals surface area contributed by atoms with Crippen LogP contribution < -0.4 is 5.32 Å². The molecule has 0 radical (unpaired) electrons. The maximum Gasteiger partial charge on any atom is 0.223 e. The van der Waals surface area contributed by atoms with E-state index in [2.05, 4.69) is 57.0 Å². The third kappa shape index (κ3) is 5.20. The van der Waals surface area contributed by atoms with Gasteiger partial charge in [0.2, 0.25) is 5.91 Å². The molecular formula is C19H29N3OS. The molecule has 0 spiro atoms. The summed E-state index contributed by atoms with van der Waals surface area (Å²) in [5.41, 5.74) is 2.26. The Hall–Kier alpha value is -1.62. The lowest BCUT2D eigenvalue weighted by atomic mass is 9.91. The Balaban J connectivity index is 1.91. The Morgan fingerprint density at radius 1 is 1.25 bits per heavy atom. The molecule has 1 N–H and O–H groups in total. The summed E-state index contributed by atoms with van der Waals surface area (Å²) in [6.45, 7) is 12.7. The number of amides is 1. The largest absolute Gasteiger partial charge is 0.343 e. The smallest absolute Gasteiger partial charge is 0.223 e. The molecule has 0 aromatic heterocycles. The average molecular weight is 348 g/mol. The molecule has 1 unspecified atom stereocenters. The molecule has 1 aromatic carbocycles. The van der Waals surface area contributed by atoms with Gasteiger partial charge in [-0.2, -0.15) is 0 Å². The van der Waals surface area contributed by atoms with Gasteiger partial charge in [0.05, 0.1) is 0 Å². The molecule has 0 bridgehead atoms. The lowest BCUT2D eigenvalue weighted by Gasteiger charge is -2.41. The second-order valence-electron chi connectivity index (χ2n) is 7.92. The van der Waals surface area contributed by atoms with Gasteiger partial charge in [0.25, 0.3) is 0 Å². The summed E-state index contributed by atoms with van der Waals surface area (Å²) in [5, 5.41) is 4.04. The second kappa shape index (κ2) is 7.51. The molecule has 1 aliphatic heterocycles. The van der Waals surface area contributed by atoms with Gasteiger partial charge in [-0.05, 0) is 43.6 Å². The molecule has 132 valence electrons. The number of hydrogen-bond acceptors (Lipinski definition) is 2. The van der Waals surface area contributed by atoms with Crippen LogP contribution in [0.3, 0.4) is 0 Å². The fourth-order valence-electron chi connectivity index (χ4n) is 2.88. The van der Waals surface area contributed by atoms with Crippen LogP contribution in [0.25, 0.3) is 0 Å². The molecule has 0 aliphatic carbocycles. The number of piperazine rings is 1. The average Bonchev–Trinajstić information content (AvgIpc) is 2.47. The Morgan fingerprint density at radius 3 is 2.42 bits per heavy atom.